The van der Waals surface area contributed by atoms with E-state index in [-0.39, 0.29) is 0 Å². The topological polar surface area (TPSA) is 40.2 Å². The van der Waals surface area contributed by atoms with Crippen LogP contribution in [-0.2, 0) is 13.1 Å². The fraction of sp³-hybridized carbons (Fsp3) is 0.143. The number of nitrogens with two attached hydrogens (primary N) is 1. The van der Waals surface area contributed by atoms with Gasteiger partial charge in [0.25, 0.3) is 0 Å². The summed E-state index contributed by atoms with van der Waals surface area (Å²) in [4.78, 5) is 0. The summed E-state index contributed by atoms with van der Waals surface area (Å²) < 4.78 is 8.25. The van der Waals surface area contributed by atoms with Gasteiger partial charge < -0.3 is 15.0 Å². The predicted octanol–water partition coefficient (Wildman–Crippen LogP) is 4.33. The van der Waals surface area contributed by atoms with Gasteiger partial charge in [0.05, 0.1) is 6.54 Å². The van der Waals surface area contributed by atoms with Gasteiger partial charge in [0.15, 0.2) is 0 Å². The third kappa shape index (κ3) is 2.63. The molecule has 0 fully saturated rings. The van der Waals surface area contributed by atoms with E-state index < -0.39 is 0 Å². The molecule has 1 aromatic heterocycles. The minimum atomic E-state index is 0.557. The van der Waals surface area contributed by atoms with Crippen molar-refractivity contribution < 1.29 is 4.74 Å². The molecule has 3 nitrogen and oxygen atoms in total. The Morgan fingerprint density at radius 3 is 1.92 bits per heavy atom. The van der Waals surface area contributed by atoms with Gasteiger partial charge in [-0.2, -0.15) is 0 Å². The van der Waals surface area contributed by atoms with Crippen LogP contribution in [0.5, 0.6) is 5.75 Å². The number of hydrogen-bond donors (Lipinski definition) is 1. The molecule has 0 aliphatic heterocycles. The van der Waals surface area contributed by atoms with Gasteiger partial charge in [0.1, 0.15) is 12.4 Å². The maximum Gasteiger partial charge on any atom is 0.119 e. The molecule has 1 heterocycles. The summed E-state index contributed by atoms with van der Waals surface area (Å²) in [6, 6.07) is 25.0. The van der Waals surface area contributed by atoms with Crippen molar-refractivity contribution >= 4 is 21.8 Å². The first-order valence-electron chi connectivity index (χ1n) is 8.24. The summed E-state index contributed by atoms with van der Waals surface area (Å²) in [5.74, 6) is 0.882. The normalized spacial score (nSPS) is 11.2. The van der Waals surface area contributed by atoms with Crippen LogP contribution >= 0.6 is 0 Å². The Labute approximate surface area is 141 Å². The average molecular weight is 316 g/mol. The quantitative estimate of drug-likeness (QED) is 0.595. The first kappa shape index (κ1) is 14.8. The van der Waals surface area contributed by atoms with Gasteiger partial charge in [-0.3, -0.25) is 0 Å². The Hall–Kier alpha value is -2.78. The molecule has 0 bridgehead atoms. The fourth-order valence-corrected chi connectivity index (χ4v) is 3.22. The Bertz CT molecular complexity index is 917. The van der Waals surface area contributed by atoms with Crippen molar-refractivity contribution in [3.8, 4) is 5.75 Å². The fourth-order valence-electron chi connectivity index (χ4n) is 3.22. The molecule has 0 aliphatic carbocycles. The summed E-state index contributed by atoms with van der Waals surface area (Å²) in [7, 11) is 0. The molecule has 0 radical (unpaired) electrons. The zero-order valence-corrected chi connectivity index (χ0v) is 13.5. The third-order valence-corrected chi connectivity index (χ3v) is 4.42. The van der Waals surface area contributed by atoms with Gasteiger partial charge in [-0.15, -0.1) is 0 Å². The maximum atomic E-state index is 5.91. The van der Waals surface area contributed by atoms with Gasteiger partial charge in [-0.1, -0.05) is 48.5 Å². The number of rotatable bonds is 5. The lowest BCUT2D eigenvalue weighted by Crippen LogP contribution is -2.08. The van der Waals surface area contributed by atoms with E-state index in [9.17, 15) is 0 Å². The van der Waals surface area contributed by atoms with Crippen LogP contribution < -0.4 is 10.5 Å². The third-order valence-electron chi connectivity index (χ3n) is 4.42. The van der Waals surface area contributed by atoms with Gasteiger partial charge in [-0.05, 0) is 29.8 Å². The molecule has 0 atom stereocenters. The van der Waals surface area contributed by atoms with Crippen molar-refractivity contribution in [3.05, 3.63) is 78.4 Å². The highest BCUT2D eigenvalue weighted by Crippen LogP contribution is 2.28. The van der Waals surface area contributed by atoms with Crippen molar-refractivity contribution in [1.29, 1.82) is 0 Å². The number of benzene rings is 3. The average Bonchev–Trinajstić information content (AvgIpc) is 2.97. The van der Waals surface area contributed by atoms with Gasteiger partial charge in [-0.25, -0.2) is 0 Å². The van der Waals surface area contributed by atoms with E-state index in [1.54, 1.807) is 0 Å². The molecule has 24 heavy (non-hydrogen) atoms. The highest BCUT2D eigenvalue weighted by Gasteiger charge is 2.09. The van der Waals surface area contributed by atoms with Crippen LogP contribution in [0.4, 0.5) is 0 Å². The number of nitrogens with zero attached hydrogens (tertiary/aromatic N) is 1. The monoisotopic (exact) mass is 316 g/mol. The van der Waals surface area contributed by atoms with Crippen LogP contribution in [0.3, 0.4) is 0 Å². The summed E-state index contributed by atoms with van der Waals surface area (Å²) in [6.07, 6.45) is 0. The van der Waals surface area contributed by atoms with E-state index in [4.69, 9.17) is 10.5 Å². The SMILES string of the molecule is NCc1ccc(OCCn2c3ccccc3c3ccccc32)cc1. The van der Waals surface area contributed by atoms with Crippen molar-refractivity contribution in [1.82, 2.24) is 4.57 Å². The number of ether oxygens (including phenoxy) is 1. The van der Waals surface area contributed by atoms with Crippen molar-refractivity contribution in [2.24, 2.45) is 5.73 Å². The predicted molar refractivity (Wildman–Crippen MR) is 99.3 cm³/mol. The molecule has 4 aromatic rings. The lowest BCUT2D eigenvalue weighted by Gasteiger charge is -2.10. The molecule has 3 aromatic carbocycles. The molecule has 0 aliphatic rings. The lowest BCUT2D eigenvalue weighted by molar-refractivity contribution is 0.302. The van der Waals surface area contributed by atoms with Crippen LogP contribution in [0, 0.1) is 0 Å². The molecule has 0 saturated carbocycles. The molecular formula is C21H20N2O. The largest absolute Gasteiger partial charge is 0.492 e. The Balaban J connectivity index is 1.59. The molecule has 0 unspecified atom stereocenters. The number of para-hydroxylation sites is 2. The number of hydrogen-bond acceptors (Lipinski definition) is 2. The van der Waals surface area contributed by atoms with Crippen LogP contribution in [0.2, 0.25) is 0 Å². The Morgan fingerprint density at radius 1 is 0.750 bits per heavy atom. The standard InChI is InChI=1S/C21H20N2O/c22-15-16-9-11-17(12-10-16)24-14-13-23-20-7-3-1-5-18(20)19-6-2-4-8-21(19)23/h1-12H,13-15,22H2. The summed E-state index contributed by atoms with van der Waals surface area (Å²) in [5, 5.41) is 2.58. The highest BCUT2D eigenvalue weighted by atomic mass is 16.5. The van der Waals surface area contributed by atoms with E-state index in [2.05, 4.69) is 53.1 Å². The molecule has 3 heteroatoms. The number of fused-ring (bicyclic) bond motifs is 3. The van der Waals surface area contributed by atoms with Crippen molar-refractivity contribution in [2.45, 2.75) is 13.1 Å². The molecule has 120 valence electrons. The Morgan fingerprint density at radius 2 is 1.33 bits per heavy atom. The first-order valence-corrected chi connectivity index (χ1v) is 8.24. The highest BCUT2D eigenvalue weighted by molar-refractivity contribution is 6.07. The van der Waals surface area contributed by atoms with Gasteiger partial charge >= 0.3 is 0 Å². The van der Waals surface area contributed by atoms with Crippen molar-refractivity contribution in [3.63, 3.8) is 0 Å². The zero-order chi connectivity index (χ0) is 16.4. The second kappa shape index (κ2) is 6.38. The summed E-state index contributed by atoms with van der Waals surface area (Å²) >= 11 is 0. The molecule has 0 spiro atoms. The summed E-state index contributed by atoms with van der Waals surface area (Å²) in [6.45, 7) is 2.00. The zero-order valence-electron chi connectivity index (χ0n) is 13.5. The second-order valence-electron chi connectivity index (χ2n) is 5.88. The van der Waals surface area contributed by atoms with E-state index in [1.165, 1.54) is 21.8 Å². The summed E-state index contributed by atoms with van der Waals surface area (Å²) in [5.41, 5.74) is 9.24. The van der Waals surface area contributed by atoms with Crippen LogP contribution in [0.15, 0.2) is 72.8 Å². The van der Waals surface area contributed by atoms with Gasteiger partial charge in [0, 0.05) is 28.4 Å². The van der Waals surface area contributed by atoms with Crippen LogP contribution in [0.1, 0.15) is 5.56 Å². The van der Waals surface area contributed by atoms with Gasteiger partial charge in [0.2, 0.25) is 0 Å². The van der Waals surface area contributed by atoms with Crippen LogP contribution in [-0.4, -0.2) is 11.2 Å². The minimum Gasteiger partial charge on any atom is -0.492 e. The Kier molecular flexibility index (Phi) is 3.93. The smallest absolute Gasteiger partial charge is 0.119 e. The molecule has 2 N–H and O–H groups in total. The first-order chi connectivity index (χ1) is 11.9. The minimum absolute atomic E-state index is 0.557. The van der Waals surface area contributed by atoms with E-state index in [0.29, 0.717) is 13.2 Å². The lowest BCUT2D eigenvalue weighted by atomic mass is 10.2. The molecular weight excluding hydrogens is 296 g/mol. The molecule has 0 saturated heterocycles. The molecule has 4 rings (SSSR count). The maximum absolute atomic E-state index is 5.91. The van der Waals surface area contributed by atoms with E-state index in [1.807, 2.05) is 24.3 Å². The van der Waals surface area contributed by atoms with E-state index in [0.717, 1.165) is 17.9 Å². The molecule has 0 amide bonds. The van der Waals surface area contributed by atoms with E-state index >= 15 is 0 Å². The van der Waals surface area contributed by atoms with Crippen LogP contribution in [0.25, 0.3) is 21.8 Å². The number of aromatic nitrogens is 1. The second-order valence-corrected chi connectivity index (χ2v) is 5.88. The van der Waals surface area contributed by atoms with Crippen molar-refractivity contribution in [2.75, 3.05) is 6.61 Å².